The molecule has 2 aromatic rings. The van der Waals surface area contributed by atoms with Crippen molar-refractivity contribution in [3.8, 4) is 11.5 Å². The Morgan fingerprint density at radius 2 is 1.65 bits per heavy atom. The number of carbonyl (C=O) groups is 1. The van der Waals surface area contributed by atoms with Crippen LogP contribution in [0.3, 0.4) is 0 Å². The van der Waals surface area contributed by atoms with Crippen molar-refractivity contribution in [2.45, 2.75) is 13.3 Å². The van der Waals surface area contributed by atoms with Gasteiger partial charge < -0.3 is 4.74 Å². The molecular formula is C17H18O2S. The van der Waals surface area contributed by atoms with E-state index in [9.17, 15) is 4.79 Å². The van der Waals surface area contributed by atoms with Crippen LogP contribution >= 0.6 is 11.8 Å². The first-order valence-corrected chi connectivity index (χ1v) is 7.89. The van der Waals surface area contributed by atoms with Crippen LogP contribution in [-0.2, 0) is 0 Å². The summed E-state index contributed by atoms with van der Waals surface area (Å²) in [6.45, 7) is 2.10. The van der Waals surface area contributed by atoms with Crippen LogP contribution in [0.15, 0.2) is 54.6 Å². The number of ether oxygens (including phenoxy) is 1. The summed E-state index contributed by atoms with van der Waals surface area (Å²) < 4.78 is 5.70. The molecule has 2 nitrogen and oxygen atoms in total. The Morgan fingerprint density at radius 3 is 2.30 bits per heavy atom. The Hall–Kier alpha value is -1.74. The third-order valence-electron chi connectivity index (χ3n) is 2.83. The van der Waals surface area contributed by atoms with Crippen molar-refractivity contribution >= 4 is 17.5 Å². The summed E-state index contributed by atoms with van der Waals surface area (Å²) in [7, 11) is 0. The maximum Gasteiger partial charge on any atom is 0.163 e. The van der Waals surface area contributed by atoms with E-state index in [1.807, 2.05) is 54.6 Å². The second-order valence-corrected chi connectivity index (χ2v) is 5.70. The lowest BCUT2D eigenvalue weighted by molar-refractivity contribution is 0.0989. The number of hydrogen-bond donors (Lipinski definition) is 0. The minimum atomic E-state index is 0.192. The van der Waals surface area contributed by atoms with Crippen LogP contribution in [-0.4, -0.2) is 17.3 Å². The molecule has 0 unspecified atom stereocenters. The quantitative estimate of drug-likeness (QED) is 0.540. The van der Waals surface area contributed by atoms with Gasteiger partial charge in [-0.2, -0.15) is 11.8 Å². The van der Waals surface area contributed by atoms with Crippen LogP contribution in [0, 0.1) is 0 Å². The summed E-state index contributed by atoms with van der Waals surface area (Å²) in [4.78, 5) is 11.9. The Kier molecular flexibility index (Phi) is 5.69. The highest BCUT2D eigenvalue weighted by atomic mass is 32.2. The van der Waals surface area contributed by atoms with Crippen molar-refractivity contribution in [2.24, 2.45) is 0 Å². The molecule has 0 saturated carbocycles. The number of para-hydroxylation sites is 1. The fourth-order valence-corrected chi connectivity index (χ4v) is 2.41. The molecule has 0 spiro atoms. The summed E-state index contributed by atoms with van der Waals surface area (Å²) in [6, 6.07) is 17.0. The van der Waals surface area contributed by atoms with Crippen LogP contribution in [0.4, 0.5) is 0 Å². The lowest BCUT2D eigenvalue weighted by atomic mass is 10.1. The molecule has 0 heterocycles. The van der Waals surface area contributed by atoms with E-state index >= 15 is 0 Å². The monoisotopic (exact) mass is 286 g/mol. The summed E-state index contributed by atoms with van der Waals surface area (Å²) >= 11 is 1.79. The van der Waals surface area contributed by atoms with Gasteiger partial charge in [0.2, 0.25) is 0 Å². The third kappa shape index (κ3) is 4.42. The van der Waals surface area contributed by atoms with Crippen LogP contribution < -0.4 is 4.74 Å². The molecule has 0 amide bonds. The second kappa shape index (κ2) is 7.75. The van der Waals surface area contributed by atoms with E-state index in [0.717, 1.165) is 28.6 Å². The first-order valence-electron chi connectivity index (χ1n) is 6.73. The molecule has 2 rings (SSSR count). The molecule has 0 atom stereocenters. The average molecular weight is 286 g/mol. The van der Waals surface area contributed by atoms with Gasteiger partial charge >= 0.3 is 0 Å². The molecule has 0 saturated heterocycles. The molecular weight excluding hydrogens is 268 g/mol. The molecule has 0 aliphatic heterocycles. The number of ketones is 1. The highest BCUT2D eigenvalue weighted by Gasteiger charge is 2.06. The summed E-state index contributed by atoms with van der Waals surface area (Å²) in [5.41, 5.74) is 0.752. The van der Waals surface area contributed by atoms with E-state index < -0.39 is 0 Å². The van der Waals surface area contributed by atoms with Crippen molar-refractivity contribution < 1.29 is 9.53 Å². The number of benzene rings is 2. The predicted octanol–water partition coefficient (Wildman–Crippen LogP) is 4.80. The van der Waals surface area contributed by atoms with Gasteiger partial charge in [0.1, 0.15) is 11.5 Å². The average Bonchev–Trinajstić information content (AvgIpc) is 2.49. The third-order valence-corrected chi connectivity index (χ3v) is 3.73. The zero-order chi connectivity index (χ0) is 14.2. The molecule has 3 heteroatoms. The minimum Gasteiger partial charge on any atom is -0.457 e. The molecule has 0 N–H and O–H groups in total. The van der Waals surface area contributed by atoms with E-state index in [-0.39, 0.29) is 5.78 Å². The van der Waals surface area contributed by atoms with E-state index in [1.165, 1.54) is 0 Å². The summed E-state index contributed by atoms with van der Waals surface area (Å²) in [6.07, 6.45) is 0.595. The minimum absolute atomic E-state index is 0.192. The molecule has 0 fully saturated rings. The maximum atomic E-state index is 11.9. The van der Waals surface area contributed by atoms with Gasteiger partial charge in [-0.15, -0.1) is 0 Å². The standard InChI is InChI=1S/C17H18O2S/c1-2-20-13-12-17(18)14-8-10-16(11-9-14)19-15-6-4-3-5-7-15/h3-11H,2,12-13H2,1H3. The Morgan fingerprint density at radius 1 is 1.00 bits per heavy atom. The number of rotatable bonds is 7. The molecule has 2 aromatic carbocycles. The topological polar surface area (TPSA) is 26.3 Å². The van der Waals surface area contributed by atoms with Gasteiger partial charge in [-0.05, 0) is 42.2 Å². The molecule has 0 aromatic heterocycles. The lowest BCUT2D eigenvalue weighted by Gasteiger charge is -2.06. The highest BCUT2D eigenvalue weighted by Crippen LogP contribution is 2.21. The largest absolute Gasteiger partial charge is 0.457 e. The van der Waals surface area contributed by atoms with E-state index in [0.29, 0.717) is 6.42 Å². The van der Waals surface area contributed by atoms with Crippen LogP contribution in [0.5, 0.6) is 11.5 Å². The number of Topliss-reactive ketones (excluding diaryl/α,β-unsaturated/α-hetero) is 1. The van der Waals surface area contributed by atoms with Gasteiger partial charge in [0, 0.05) is 17.7 Å². The lowest BCUT2D eigenvalue weighted by Crippen LogP contribution is -2.00. The zero-order valence-electron chi connectivity index (χ0n) is 11.5. The first-order chi connectivity index (χ1) is 9.79. The molecule has 0 radical (unpaired) electrons. The molecule has 0 aliphatic rings. The second-order valence-electron chi connectivity index (χ2n) is 4.31. The number of hydrogen-bond acceptors (Lipinski definition) is 3. The van der Waals surface area contributed by atoms with Crippen LogP contribution in [0.25, 0.3) is 0 Å². The number of thioether (sulfide) groups is 1. The van der Waals surface area contributed by atoms with Gasteiger partial charge in [-0.1, -0.05) is 25.1 Å². The number of carbonyl (C=O) groups excluding carboxylic acids is 1. The summed E-state index contributed by atoms with van der Waals surface area (Å²) in [5, 5.41) is 0. The van der Waals surface area contributed by atoms with Crippen molar-refractivity contribution in [1.82, 2.24) is 0 Å². The Bertz CT molecular complexity index is 535. The normalized spacial score (nSPS) is 10.2. The molecule has 104 valence electrons. The highest BCUT2D eigenvalue weighted by molar-refractivity contribution is 7.99. The predicted molar refractivity (Wildman–Crippen MR) is 84.9 cm³/mol. The van der Waals surface area contributed by atoms with Gasteiger partial charge in [-0.3, -0.25) is 4.79 Å². The zero-order valence-corrected chi connectivity index (χ0v) is 12.4. The van der Waals surface area contributed by atoms with Crippen molar-refractivity contribution in [2.75, 3.05) is 11.5 Å². The van der Waals surface area contributed by atoms with Crippen molar-refractivity contribution in [3.05, 3.63) is 60.2 Å². The van der Waals surface area contributed by atoms with Crippen LogP contribution in [0.2, 0.25) is 0 Å². The SMILES string of the molecule is CCSCCC(=O)c1ccc(Oc2ccccc2)cc1. The fraction of sp³-hybridized carbons (Fsp3) is 0.235. The van der Waals surface area contributed by atoms with Crippen molar-refractivity contribution in [1.29, 1.82) is 0 Å². The molecule has 20 heavy (non-hydrogen) atoms. The summed E-state index contributed by atoms with van der Waals surface area (Å²) in [5.74, 6) is 3.67. The Labute approximate surface area is 124 Å². The maximum absolute atomic E-state index is 11.9. The van der Waals surface area contributed by atoms with Gasteiger partial charge in [0.05, 0.1) is 0 Å². The first kappa shape index (κ1) is 14.7. The van der Waals surface area contributed by atoms with E-state index in [4.69, 9.17) is 4.74 Å². The smallest absolute Gasteiger partial charge is 0.163 e. The van der Waals surface area contributed by atoms with Gasteiger partial charge in [-0.25, -0.2) is 0 Å². The Balaban J connectivity index is 1.94. The van der Waals surface area contributed by atoms with E-state index in [2.05, 4.69) is 6.92 Å². The van der Waals surface area contributed by atoms with E-state index in [1.54, 1.807) is 11.8 Å². The molecule has 0 aliphatic carbocycles. The fourth-order valence-electron chi connectivity index (χ4n) is 1.79. The van der Waals surface area contributed by atoms with Crippen molar-refractivity contribution in [3.63, 3.8) is 0 Å². The van der Waals surface area contributed by atoms with Gasteiger partial charge in [0.25, 0.3) is 0 Å². The van der Waals surface area contributed by atoms with Gasteiger partial charge in [0.15, 0.2) is 5.78 Å². The molecule has 0 bridgehead atoms. The van der Waals surface area contributed by atoms with Crippen LogP contribution in [0.1, 0.15) is 23.7 Å².